The van der Waals surface area contributed by atoms with Gasteiger partial charge in [-0.3, -0.25) is 38.4 Å². The van der Waals surface area contributed by atoms with Crippen molar-refractivity contribution in [3.05, 3.63) is 130 Å². The second kappa shape index (κ2) is 29.4. The molecule has 0 bridgehead atoms. The van der Waals surface area contributed by atoms with Crippen LogP contribution in [0.4, 0.5) is 27.5 Å². The van der Waals surface area contributed by atoms with Crippen LogP contribution in [0.1, 0.15) is 134 Å². The number of nitrogens with one attached hydrogen (secondary N) is 6. The minimum absolute atomic E-state index is 0.0190. The number of methoxy groups -OCH3 is 2. The fourth-order valence-electron chi connectivity index (χ4n) is 13.7. The molecule has 7 N–H and O–H groups in total. The van der Waals surface area contributed by atoms with Crippen molar-refractivity contribution in [2.45, 2.75) is 135 Å². The number of fused-ring (bicyclic) bond motifs is 6. The largest absolute Gasteiger partial charge is 0.493 e. The Labute approximate surface area is 574 Å². The summed E-state index contributed by atoms with van der Waals surface area (Å²) in [7, 11) is 3.03. The SMILES string of the molecule is COc1cc2c(cc1OCCCCCOc1cc3c(cc1OC)C(=O)N1CC4(CC4)C[C@H]1C(O)N3C(=O)OCc1ccc(NC(=O)[C@H](C)NC(=O)[C@@H](NC(=O)CNC(=O)CNC(=O)CCC(=O)N3Cc4ccccc4C#Cc4ccccc43)C(C)C)cc1)NC[C@@H]1CC3(CC3)CN1C2=O. The van der Waals surface area contributed by atoms with Crippen LogP contribution in [-0.4, -0.2) is 159 Å². The van der Waals surface area contributed by atoms with Gasteiger partial charge in [-0.2, -0.15) is 0 Å². The third-order valence-electron chi connectivity index (χ3n) is 19.8. The molecule has 0 aromatic heterocycles. The topological polar surface area (TPSA) is 305 Å². The molecule has 1 unspecified atom stereocenters. The molecule has 2 saturated heterocycles. The smallest absolute Gasteiger partial charge is 0.416 e. The Morgan fingerprint density at radius 3 is 1.99 bits per heavy atom. The minimum atomic E-state index is -1.47. The highest BCUT2D eigenvalue weighted by atomic mass is 16.6. The number of anilines is 4. The number of hydrogen-bond acceptors (Lipinski definition) is 16. The van der Waals surface area contributed by atoms with E-state index in [4.69, 9.17) is 23.7 Å². The van der Waals surface area contributed by atoms with Gasteiger partial charge >= 0.3 is 6.09 Å². The van der Waals surface area contributed by atoms with Crippen LogP contribution in [0.3, 0.4) is 0 Å². The van der Waals surface area contributed by atoms with Crippen LogP contribution in [0, 0.1) is 28.6 Å². The first-order valence-corrected chi connectivity index (χ1v) is 33.9. The van der Waals surface area contributed by atoms with Gasteiger partial charge in [-0.25, -0.2) is 9.69 Å². The number of hydrogen-bond donors (Lipinski definition) is 7. The highest BCUT2D eigenvalue weighted by Crippen LogP contribution is 2.58. The Kier molecular flexibility index (Phi) is 20.4. The van der Waals surface area contributed by atoms with Gasteiger partial charge in [0, 0.05) is 67.5 Å². The molecule has 2 spiro atoms. The van der Waals surface area contributed by atoms with Gasteiger partial charge in [-0.1, -0.05) is 68.2 Å². The Balaban J connectivity index is 0.589. The number of nitrogens with zero attached hydrogens (tertiary/aromatic N) is 4. The van der Waals surface area contributed by atoms with Gasteiger partial charge in [0.15, 0.2) is 29.2 Å². The number of benzene rings is 5. The summed E-state index contributed by atoms with van der Waals surface area (Å²) in [5.74, 6) is 3.65. The van der Waals surface area contributed by atoms with E-state index in [1.165, 1.54) is 39.0 Å². The second-order valence-electron chi connectivity index (χ2n) is 27.2. The monoisotopic (exact) mass is 1350 g/mol. The molecule has 5 aliphatic heterocycles. The van der Waals surface area contributed by atoms with Crippen molar-refractivity contribution in [2.75, 3.05) is 80.6 Å². The predicted octanol–water partition coefficient (Wildman–Crippen LogP) is 6.77. The summed E-state index contributed by atoms with van der Waals surface area (Å²) in [4.78, 5) is 128. The zero-order chi connectivity index (χ0) is 69.7. The average molecular weight is 1350 g/mol. The first-order chi connectivity index (χ1) is 47.7. The van der Waals surface area contributed by atoms with Crippen LogP contribution in [0.25, 0.3) is 0 Å². The van der Waals surface area contributed by atoms with Crippen molar-refractivity contribution in [3.63, 3.8) is 0 Å². The molecule has 25 nitrogen and oxygen atoms in total. The lowest BCUT2D eigenvalue weighted by Crippen LogP contribution is -2.55. The number of amides is 9. The molecule has 5 aromatic rings. The molecule has 9 amide bonds. The molecule has 5 aromatic carbocycles. The number of aliphatic hydroxyl groups excluding tert-OH is 1. The molecule has 4 fully saturated rings. The van der Waals surface area contributed by atoms with E-state index in [1.807, 2.05) is 53.4 Å². The van der Waals surface area contributed by atoms with E-state index in [-0.39, 0.29) is 84.5 Å². The maximum Gasteiger partial charge on any atom is 0.416 e. The number of carbonyl (C=O) groups is 9. The highest BCUT2D eigenvalue weighted by molar-refractivity contribution is 6.06. The van der Waals surface area contributed by atoms with Crippen LogP contribution in [0.15, 0.2) is 97.1 Å². The maximum atomic E-state index is 14.4. The first-order valence-electron chi connectivity index (χ1n) is 33.9. The average Bonchev–Trinajstić information content (AvgIpc) is 1.58. The van der Waals surface area contributed by atoms with Gasteiger partial charge in [0.05, 0.1) is 81.3 Å². The third kappa shape index (κ3) is 15.5. The van der Waals surface area contributed by atoms with Gasteiger partial charge in [-0.15, -0.1) is 0 Å². The van der Waals surface area contributed by atoms with Gasteiger partial charge in [-0.05, 0) is 135 Å². The molecule has 99 heavy (non-hydrogen) atoms. The Hall–Kier alpha value is -10.4. The third-order valence-corrected chi connectivity index (χ3v) is 19.8. The van der Waals surface area contributed by atoms with E-state index in [2.05, 4.69) is 43.7 Å². The Bertz CT molecular complexity index is 4050. The number of rotatable bonds is 25. The maximum absolute atomic E-state index is 14.4. The lowest BCUT2D eigenvalue weighted by atomic mass is 10.0. The number of unbranched alkanes of at least 4 members (excludes halogenated alkanes) is 2. The number of aliphatic hydroxyl groups is 1. The fraction of sp³-hybridized carbons (Fsp3) is 0.446. The van der Waals surface area contributed by atoms with E-state index in [9.17, 15) is 48.3 Å². The molecule has 5 heterocycles. The lowest BCUT2D eigenvalue weighted by molar-refractivity contribution is -0.132. The van der Waals surface area contributed by atoms with Crippen molar-refractivity contribution in [2.24, 2.45) is 16.7 Å². The van der Waals surface area contributed by atoms with Crippen LogP contribution < -0.4 is 60.6 Å². The number of para-hydroxylation sites is 1. The van der Waals surface area contributed by atoms with E-state index < -0.39 is 79.0 Å². The number of carbonyl (C=O) groups excluding carboxylic acids is 9. The van der Waals surface area contributed by atoms with E-state index >= 15 is 0 Å². The van der Waals surface area contributed by atoms with Crippen molar-refractivity contribution in [1.29, 1.82) is 0 Å². The summed E-state index contributed by atoms with van der Waals surface area (Å²) >= 11 is 0. The molecule has 0 radical (unpaired) electrons. The highest BCUT2D eigenvalue weighted by Gasteiger charge is 2.58. The lowest BCUT2D eigenvalue weighted by Gasteiger charge is -2.31. The Morgan fingerprint density at radius 2 is 1.28 bits per heavy atom. The van der Waals surface area contributed by atoms with Crippen molar-refractivity contribution >= 4 is 76.1 Å². The van der Waals surface area contributed by atoms with Crippen LogP contribution in [0.5, 0.6) is 23.0 Å². The van der Waals surface area contributed by atoms with Crippen LogP contribution in [0.2, 0.25) is 0 Å². The van der Waals surface area contributed by atoms with Gasteiger partial charge in [0.25, 0.3) is 11.8 Å². The molecule has 2 aliphatic carbocycles. The molecular formula is C74H84N10O15. The van der Waals surface area contributed by atoms with Crippen molar-refractivity contribution in [3.8, 4) is 34.8 Å². The summed E-state index contributed by atoms with van der Waals surface area (Å²) in [6.45, 7) is 6.45. The summed E-state index contributed by atoms with van der Waals surface area (Å²) in [6, 6.07) is 25.2. The molecule has 2 saturated carbocycles. The minimum Gasteiger partial charge on any atom is -0.493 e. The zero-order valence-corrected chi connectivity index (χ0v) is 56.3. The molecule has 7 aliphatic rings. The molecule has 25 heteroatoms. The summed E-state index contributed by atoms with van der Waals surface area (Å²) in [5, 5.41) is 28.5. The summed E-state index contributed by atoms with van der Waals surface area (Å²) in [5.41, 5.74) is 5.58. The predicted molar refractivity (Wildman–Crippen MR) is 365 cm³/mol. The van der Waals surface area contributed by atoms with Crippen LogP contribution in [-0.2, 0) is 46.7 Å². The van der Waals surface area contributed by atoms with Crippen LogP contribution >= 0.6 is 0 Å². The summed E-state index contributed by atoms with van der Waals surface area (Å²) in [6.07, 6.45) is 4.99. The molecular weight excluding hydrogens is 1270 g/mol. The van der Waals surface area contributed by atoms with E-state index in [0.717, 1.165) is 53.9 Å². The Morgan fingerprint density at radius 1 is 0.657 bits per heavy atom. The zero-order valence-electron chi connectivity index (χ0n) is 56.3. The van der Waals surface area contributed by atoms with Gasteiger partial charge < -0.3 is 75.4 Å². The fourth-order valence-corrected chi connectivity index (χ4v) is 13.7. The van der Waals surface area contributed by atoms with Crippen molar-refractivity contribution in [1.82, 2.24) is 31.1 Å². The second-order valence-corrected chi connectivity index (χ2v) is 27.2. The number of ether oxygens (including phenoxy) is 5. The van der Waals surface area contributed by atoms with Gasteiger partial charge in [0.2, 0.25) is 35.4 Å². The van der Waals surface area contributed by atoms with Crippen molar-refractivity contribution < 1.29 is 71.9 Å². The quantitative estimate of drug-likeness (QED) is 0.0234. The molecule has 12 rings (SSSR count). The normalized spacial score (nSPS) is 19.0. The molecule has 5 atom stereocenters. The summed E-state index contributed by atoms with van der Waals surface area (Å²) < 4.78 is 29.8. The molecule has 520 valence electrons. The van der Waals surface area contributed by atoms with Gasteiger partial charge in [0.1, 0.15) is 18.7 Å². The van der Waals surface area contributed by atoms with E-state index in [0.29, 0.717) is 83.9 Å². The standard InChI is InChI=1S/C74H84N10O15/c1-44(2)66(80-64(87)39-77-63(86)38-76-62(85)23-24-65(88)81-40-49-15-8-7-13-47(49)19-20-48-14-9-10-16-55(48)81)68(90)78-45(3)67(89)79-50-21-17-46(18-22-50)41-99-72(94)84-56-34-61(59(96-5)32-53(56)70(92)83-43-74(27-28-74)36-57(83)71(84)93)98-30-12-6-11-29-97-60-33-54-52(31-58(60)95-4)69(91)82-42-73(25-26-73)35-51(82)37-75-54/h7-10,13-18,21-22,31-34,44-45,51,57,66,71,75,93H,6,11-12,23-30,35-43H2,1-5H3,(H,76,85)(H,77,86)(H,78,90)(H,79,89)(H,80,87)/t45-,51-,57-,66-,71?/m0/s1. The van der Waals surface area contributed by atoms with E-state index in [1.54, 1.807) is 67.2 Å². The first kappa shape index (κ1) is 68.6.